The Balaban J connectivity index is 5.29. The SMILES string of the molecule is CC(N)C(=O)NC(CO)C(=O)NC(CCC(=O)O)C(=O)NC(C(=O)O)C(C)C. The molecule has 0 aromatic heterocycles. The van der Waals surface area contributed by atoms with Crippen molar-refractivity contribution in [2.45, 2.75) is 57.8 Å². The van der Waals surface area contributed by atoms with E-state index in [1.165, 1.54) is 6.92 Å². The normalized spacial score (nSPS) is 15.1. The van der Waals surface area contributed by atoms with Gasteiger partial charge in [-0.2, -0.15) is 0 Å². The van der Waals surface area contributed by atoms with Crippen LogP contribution in [0, 0.1) is 5.92 Å². The number of aliphatic carboxylic acids is 2. The van der Waals surface area contributed by atoms with E-state index in [4.69, 9.17) is 15.9 Å². The summed E-state index contributed by atoms with van der Waals surface area (Å²) >= 11 is 0. The van der Waals surface area contributed by atoms with Gasteiger partial charge in [-0.15, -0.1) is 0 Å². The van der Waals surface area contributed by atoms with E-state index in [9.17, 15) is 29.1 Å². The number of carboxylic acids is 2. The monoisotopic (exact) mass is 404 g/mol. The van der Waals surface area contributed by atoms with Crippen LogP contribution in [-0.4, -0.2) is 75.8 Å². The second-order valence-electron chi connectivity index (χ2n) is 6.59. The number of carboxylic acid groups (broad SMARTS) is 2. The molecule has 4 atom stereocenters. The van der Waals surface area contributed by atoms with Crippen LogP contribution in [0.5, 0.6) is 0 Å². The molecule has 0 bridgehead atoms. The number of nitrogens with two attached hydrogens (primary N) is 1. The minimum atomic E-state index is -1.42. The number of hydrogen-bond donors (Lipinski definition) is 7. The largest absolute Gasteiger partial charge is 0.481 e. The predicted molar refractivity (Wildman–Crippen MR) is 95.9 cm³/mol. The maximum atomic E-state index is 12.4. The van der Waals surface area contributed by atoms with Crippen LogP contribution >= 0.6 is 0 Å². The van der Waals surface area contributed by atoms with Crippen molar-refractivity contribution in [1.29, 1.82) is 0 Å². The Morgan fingerprint density at radius 2 is 1.36 bits per heavy atom. The van der Waals surface area contributed by atoms with E-state index in [1.807, 2.05) is 0 Å². The first-order valence-corrected chi connectivity index (χ1v) is 8.62. The summed E-state index contributed by atoms with van der Waals surface area (Å²) in [5.74, 6) is -5.54. The molecule has 28 heavy (non-hydrogen) atoms. The smallest absolute Gasteiger partial charge is 0.326 e. The Hall–Kier alpha value is -2.73. The Labute approximate surface area is 161 Å². The molecule has 160 valence electrons. The van der Waals surface area contributed by atoms with Crippen molar-refractivity contribution in [3.8, 4) is 0 Å². The number of carbonyl (C=O) groups excluding carboxylic acids is 3. The van der Waals surface area contributed by atoms with Crippen molar-refractivity contribution in [3.63, 3.8) is 0 Å². The Bertz CT molecular complexity index is 593. The molecule has 0 aliphatic carbocycles. The lowest BCUT2D eigenvalue weighted by Gasteiger charge is -2.25. The van der Waals surface area contributed by atoms with Gasteiger partial charge in [-0.1, -0.05) is 13.8 Å². The number of nitrogens with one attached hydrogen (secondary N) is 3. The molecule has 12 nitrogen and oxygen atoms in total. The summed E-state index contributed by atoms with van der Waals surface area (Å²) in [6, 6.07) is -5.00. The van der Waals surface area contributed by atoms with E-state index in [-0.39, 0.29) is 6.42 Å². The molecule has 12 heteroatoms. The third kappa shape index (κ3) is 8.77. The van der Waals surface area contributed by atoms with Crippen LogP contribution in [0.15, 0.2) is 0 Å². The van der Waals surface area contributed by atoms with E-state index in [2.05, 4.69) is 16.0 Å². The number of aliphatic hydroxyl groups excluding tert-OH is 1. The minimum Gasteiger partial charge on any atom is -0.481 e. The molecule has 0 radical (unpaired) electrons. The zero-order valence-corrected chi connectivity index (χ0v) is 16.0. The van der Waals surface area contributed by atoms with Crippen LogP contribution in [0.3, 0.4) is 0 Å². The molecule has 0 saturated heterocycles. The topological polar surface area (TPSA) is 208 Å². The predicted octanol–water partition coefficient (Wildman–Crippen LogP) is -2.61. The molecule has 3 amide bonds. The van der Waals surface area contributed by atoms with Crippen LogP contribution in [0.25, 0.3) is 0 Å². The summed E-state index contributed by atoms with van der Waals surface area (Å²) in [5.41, 5.74) is 5.37. The van der Waals surface area contributed by atoms with Crippen molar-refractivity contribution in [1.82, 2.24) is 16.0 Å². The molecular weight excluding hydrogens is 376 g/mol. The van der Waals surface area contributed by atoms with Crippen molar-refractivity contribution >= 4 is 29.7 Å². The summed E-state index contributed by atoms with van der Waals surface area (Å²) in [6.45, 7) is 3.70. The molecule has 0 aromatic rings. The van der Waals surface area contributed by atoms with Crippen LogP contribution in [0.4, 0.5) is 0 Å². The van der Waals surface area contributed by atoms with Crippen LogP contribution < -0.4 is 21.7 Å². The zero-order chi connectivity index (χ0) is 22.0. The number of rotatable bonds is 12. The third-order valence-corrected chi connectivity index (χ3v) is 3.74. The van der Waals surface area contributed by atoms with Gasteiger partial charge in [0.25, 0.3) is 0 Å². The first kappa shape index (κ1) is 25.3. The Morgan fingerprint density at radius 3 is 1.75 bits per heavy atom. The van der Waals surface area contributed by atoms with Gasteiger partial charge in [0.15, 0.2) is 0 Å². The molecule has 0 aliphatic rings. The molecule has 0 spiro atoms. The van der Waals surface area contributed by atoms with Gasteiger partial charge in [0.2, 0.25) is 17.7 Å². The second-order valence-corrected chi connectivity index (χ2v) is 6.59. The Morgan fingerprint density at radius 1 is 0.857 bits per heavy atom. The molecule has 8 N–H and O–H groups in total. The van der Waals surface area contributed by atoms with Crippen molar-refractivity contribution in [2.75, 3.05) is 6.61 Å². The first-order valence-electron chi connectivity index (χ1n) is 8.62. The zero-order valence-electron chi connectivity index (χ0n) is 16.0. The van der Waals surface area contributed by atoms with Gasteiger partial charge in [0.05, 0.1) is 12.6 Å². The summed E-state index contributed by atoms with van der Waals surface area (Å²) < 4.78 is 0. The molecule has 0 aromatic carbocycles. The summed E-state index contributed by atoms with van der Waals surface area (Å²) in [5, 5.41) is 33.9. The molecule has 0 aliphatic heterocycles. The number of aliphatic hydroxyl groups is 1. The number of amides is 3. The minimum absolute atomic E-state index is 0.323. The van der Waals surface area contributed by atoms with Crippen LogP contribution in [-0.2, 0) is 24.0 Å². The lowest BCUT2D eigenvalue weighted by molar-refractivity contribution is -0.144. The average molecular weight is 404 g/mol. The van der Waals surface area contributed by atoms with Gasteiger partial charge in [0, 0.05) is 6.42 Å². The van der Waals surface area contributed by atoms with E-state index in [1.54, 1.807) is 13.8 Å². The second kappa shape index (κ2) is 11.9. The average Bonchev–Trinajstić information content (AvgIpc) is 2.59. The summed E-state index contributed by atoms with van der Waals surface area (Å²) in [7, 11) is 0. The van der Waals surface area contributed by atoms with Gasteiger partial charge in [-0.25, -0.2) is 4.79 Å². The first-order chi connectivity index (χ1) is 12.9. The highest BCUT2D eigenvalue weighted by atomic mass is 16.4. The molecule has 0 rings (SSSR count). The maximum absolute atomic E-state index is 12.4. The highest BCUT2D eigenvalue weighted by molar-refractivity contribution is 5.94. The number of carbonyl (C=O) groups is 5. The standard InChI is InChI=1S/C16H28N4O8/c1-7(2)12(16(27)28)20-14(25)9(4-5-11(22)23)18-15(26)10(6-21)19-13(24)8(3)17/h7-10,12,21H,4-6,17H2,1-3H3,(H,18,26)(H,19,24)(H,20,25)(H,22,23)(H,27,28). The molecule has 0 heterocycles. The molecule has 0 saturated carbocycles. The van der Waals surface area contributed by atoms with Gasteiger partial charge in [0.1, 0.15) is 18.1 Å². The summed E-state index contributed by atoms with van der Waals surface area (Å²) in [6.07, 6.45) is -0.801. The van der Waals surface area contributed by atoms with E-state index < -0.39 is 72.8 Å². The van der Waals surface area contributed by atoms with Crippen LogP contribution in [0.2, 0.25) is 0 Å². The quantitative estimate of drug-likeness (QED) is 0.181. The highest BCUT2D eigenvalue weighted by Gasteiger charge is 2.31. The Kier molecular flexibility index (Phi) is 10.7. The van der Waals surface area contributed by atoms with E-state index in [0.717, 1.165) is 0 Å². The van der Waals surface area contributed by atoms with E-state index in [0.29, 0.717) is 0 Å². The fraction of sp³-hybridized carbons (Fsp3) is 0.688. The molecule has 4 unspecified atom stereocenters. The molecule has 0 fully saturated rings. The van der Waals surface area contributed by atoms with Crippen molar-refractivity contribution in [3.05, 3.63) is 0 Å². The lowest BCUT2D eigenvalue weighted by atomic mass is 10.0. The fourth-order valence-electron chi connectivity index (χ4n) is 2.07. The number of hydrogen-bond acceptors (Lipinski definition) is 7. The van der Waals surface area contributed by atoms with E-state index >= 15 is 0 Å². The van der Waals surface area contributed by atoms with Gasteiger partial charge in [-0.05, 0) is 19.3 Å². The summed E-state index contributed by atoms with van der Waals surface area (Å²) in [4.78, 5) is 58.3. The van der Waals surface area contributed by atoms with Gasteiger partial charge < -0.3 is 37.0 Å². The third-order valence-electron chi connectivity index (χ3n) is 3.74. The van der Waals surface area contributed by atoms with Gasteiger partial charge >= 0.3 is 11.9 Å². The highest BCUT2D eigenvalue weighted by Crippen LogP contribution is 2.05. The molecular formula is C16H28N4O8. The fourth-order valence-corrected chi connectivity index (χ4v) is 2.07. The van der Waals surface area contributed by atoms with Crippen molar-refractivity contribution in [2.24, 2.45) is 11.7 Å². The maximum Gasteiger partial charge on any atom is 0.326 e. The lowest BCUT2D eigenvalue weighted by Crippen LogP contribution is -2.58. The van der Waals surface area contributed by atoms with Crippen molar-refractivity contribution < 1.29 is 39.3 Å². The van der Waals surface area contributed by atoms with Crippen LogP contribution in [0.1, 0.15) is 33.6 Å². The van der Waals surface area contributed by atoms with Gasteiger partial charge in [-0.3, -0.25) is 19.2 Å².